The van der Waals surface area contributed by atoms with Crippen LogP contribution in [0.25, 0.3) is 0 Å². The smallest absolute Gasteiger partial charge is 0.236 e. The predicted octanol–water partition coefficient (Wildman–Crippen LogP) is 0.962. The minimum Gasteiger partial charge on any atom is -0.354 e. The van der Waals surface area contributed by atoms with Crippen molar-refractivity contribution in [3.8, 4) is 0 Å². The maximum atomic E-state index is 11.9. The minimum atomic E-state index is -0.299. The number of piperidine rings is 1. The van der Waals surface area contributed by atoms with Gasteiger partial charge in [0.05, 0.1) is 6.04 Å². The third-order valence-corrected chi connectivity index (χ3v) is 4.50. The van der Waals surface area contributed by atoms with Crippen LogP contribution in [0.2, 0.25) is 0 Å². The number of hydrogen-bond donors (Lipinski definition) is 2. The first-order valence-electron chi connectivity index (χ1n) is 7.20. The highest BCUT2D eigenvalue weighted by Gasteiger charge is 2.31. The number of carbonyl (C=O) groups is 1. The molecular formula is C14H27N3O. The molecule has 1 amide bonds. The average molecular weight is 253 g/mol. The first kappa shape index (κ1) is 13.8. The number of nitrogens with two attached hydrogens (primary N) is 1. The van der Waals surface area contributed by atoms with Crippen LogP contribution >= 0.6 is 0 Å². The van der Waals surface area contributed by atoms with Crippen molar-refractivity contribution in [2.45, 2.75) is 45.1 Å². The standard InChI is InChI=1S/C14H27N3O/c1-14(5-7-17(2)8-6-14)10-16-13(18)12(15)9-11-3-4-11/h11-12H,3-10,15H2,1-2H3,(H,16,18). The lowest BCUT2D eigenvalue weighted by Gasteiger charge is -2.38. The van der Waals surface area contributed by atoms with Crippen LogP contribution in [0, 0.1) is 11.3 Å². The second kappa shape index (κ2) is 5.57. The fourth-order valence-electron chi connectivity index (χ4n) is 2.59. The fourth-order valence-corrected chi connectivity index (χ4v) is 2.59. The molecule has 0 radical (unpaired) electrons. The van der Waals surface area contributed by atoms with Gasteiger partial charge in [-0.3, -0.25) is 4.79 Å². The molecule has 104 valence electrons. The molecule has 2 fully saturated rings. The fraction of sp³-hybridized carbons (Fsp3) is 0.929. The molecule has 2 aliphatic rings. The number of amides is 1. The molecule has 1 unspecified atom stereocenters. The van der Waals surface area contributed by atoms with Gasteiger partial charge in [-0.1, -0.05) is 19.8 Å². The Morgan fingerprint density at radius 1 is 1.44 bits per heavy atom. The lowest BCUT2D eigenvalue weighted by Crippen LogP contribution is -2.47. The number of likely N-dealkylation sites (tertiary alicyclic amines) is 1. The van der Waals surface area contributed by atoms with Gasteiger partial charge in [-0.15, -0.1) is 0 Å². The second-order valence-electron chi connectivity index (χ2n) is 6.62. The van der Waals surface area contributed by atoms with Crippen LogP contribution in [-0.2, 0) is 4.79 Å². The lowest BCUT2D eigenvalue weighted by molar-refractivity contribution is -0.123. The molecule has 1 saturated carbocycles. The van der Waals surface area contributed by atoms with Crippen molar-refractivity contribution >= 4 is 5.91 Å². The van der Waals surface area contributed by atoms with Gasteiger partial charge in [0.2, 0.25) is 5.91 Å². The van der Waals surface area contributed by atoms with Crippen LogP contribution in [0.4, 0.5) is 0 Å². The molecule has 1 aliphatic heterocycles. The lowest BCUT2D eigenvalue weighted by atomic mass is 9.80. The van der Waals surface area contributed by atoms with Gasteiger partial charge in [0.25, 0.3) is 0 Å². The van der Waals surface area contributed by atoms with Crippen molar-refractivity contribution in [2.24, 2.45) is 17.1 Å². The highest BCUT2D eigenvalue weighted by Crippen LogP contribution is 2.33. The van der Waals surface area contributed by atoms with E-state index in [-0.39, 0.29) is 17.4 Å². The van der Waals surface area contributed by atoms with E-state index in [4.69, 9.17) is 5.73 Å². The molecule has 0 aromatic carbocycles. The van der Waals surface area contributed by atoms with E-state index in [1.807, 2.05) is 0 Å². The van der Waals surface area contributed by atoms with Gasteiger partial charge in [-0.25, -0.2) is 0 Å². The molecule has 2 rings (SSSR count). The van der Waals surface area contributed by atoms with E-state index in [1.165, 1.54) is 12.8 Å². The molecule has 0 spiro atoms. The highest BCUT2D eigenvalue weighted by molar-refractivity contribution is 5.81. The van der Waals surface area contributed by atoms with Crippen molar-refractivity contribution in [3.05, 3.63) is 0 Å². The molecule has 0 aromatic heterocycles. The Morgan fingerprint density at radius 3 is 2.61 bits per heavy atom. The van der Waals surface area contributed by atoms with Gasteiger partial charge in [-0.05, 0) is 50.7 Å². The Hall–Kier alpha value is -0.610. The summed E-state index contributed by atoms with van der Waals surface area (Å²) in [7, 11) is 2.16. The normalized spacial score (nSPS) is 25.7. The van der Waals surface area contributed by atoms with E-state index < -0.39 is 0 Å². The van der Waals surface area contributed by atoms with Crippen LogP contribution < -0.4 is 11.1 Å². The van der Waals surface area contributed by atoms with Crippen molar-refractivity contribution in [3.63, 3.8) is 0 Å². The SMILES string of the molecule is CN1CCC(C)(CNC(=O)C(N)CC2CC2)CC1. The summed E-state index contributed by atoms with van der Waals surface area (Å²) in [5.41, 5.74) is 6.17. The van der Waals surface area contributed by atoms with E-state index >= 15 is 0 Å². The van der Waals surface area contributed by atoms with E-state index in [0.29, 0.717) is 5.92 Å². The number of rotatable bonds is 5. The van der Waals surface area contributed by atoms with E-state index in [1.54, 1.807) is 0 Å². The second-order valence-corrected chi connectivity index (χ2v) is 6.62. The molecule has 1 atom stereocenters. The van der Waals surface area contributed by atoms with E-state index in [9.17, 15) is 4.79 Å². The summed E-state index contributed by atoms with van der Waals surface area (Å²) in [4.78, 5) is 14.3. The van der Waals surface area contributed by atoms with Crippen molar-refractivity contribution < 1.29 is 4.79 Å². The summed E-state index contributed by atoms with van der Waals surface area (Å²) < 4.78 is 0. The van der Waals surface area contributed by atoms with Gasteiger partial charge >= 0.3 is 0 Å². The molecule has 18 heavy (non-hydrogen) atoms. The topological polar surface area (TPSA) is 58.4 Å². The summed E-state index contributed by atoms with van der Waals surface area (Å²) in [6.45, 7) is 5.30. The number of carbonyl (C=O) groups excluding carboxylic acids is 1. The van der Waals surface area contributed by atoms with Gasteiger partial charge in [0.15, 0.2) is 0 Å². The third-order valence-electron chi connectivity index (χ3n) is 4.50. The van der Waals surface area contributed by atoms with E-state index in [2.05, 4.69) is 24.2 Å². The molecule has 4 nitrogen and oxygen atoms in total. The third kappa shape index (κ3) is 3.95. The van der Waals surface area contributed by atoms with E-state index in [0.717, 1.165) is 38.9 Å². The number of nitrogens with zero attached hydrogens (tertiary/aromatic N) is 1. The zero-order chi connectivity index (χ0) is 13.2. The quantitative estimate of drug-likeness (QED) is 0.767. The van der Waals surface area contributed by atoms with Crippen LogP contribution in [0.1, 0.15) is 39.0 Å². The summed E-state index contributed by atoms with van der Waals surface area (Å²) >= 11 is 0. The molecule has 4 heteroatoms. The zero-order valence-corrected chi connectivity index (χ0v) is 11.7. The van der Waals surface area contributed by atoms with Crippen molar-refractivity contribution in [1.82, 2.24) is 10.2 Å². The van der Waals surface area contributed by atoms with Gasteiger partial charge < -0.3 is 16.0 Å². The van der Waals surface area contributed by atoms with Crippen LogP contribution in [-0.4, -0.2) is 43.5 Å². The molecule has 1 heterocycles. The maximum Gasteiger partial charge on any atom is 0.236 e. The Labute approximate surface area is 110 Å². The Morgan fingerprint density at radius 2 is 2.06 bits per heavy atom. The van der Waals surface area contributed by atoms with Crippen molar-refractivity contribution in [1.29, 1.82) is 0 Å². The first-order valence-corrected chi connectivity index (χ1v) is 7.20. The molecule has 1 aliphatic carbocycles. The van der Waals surface area contributed by atoms with Gasteiger partial charge in [0.1, 0.15) is 0 Å². The van der Waals surface area contributed by atoms with Crippen molar-refractivity contribution in [2.75, 3.05) is 26.7 Å². The van der Waals surface area contributed by atoms with Crippen LogP contribution in [0.15, 0.2) is 0 Å². The zero-order valence-electron chi connectivity index (χ0n) is 11.7. The Kier molecular flexibility index (Phi) is 4.28. The Balaban J connectivity index is 1.70. The average Bonchev–Trinajstić information content (AvgIpc) is 3.14. The first-order chi connectivity index (χ1) is 8.48. The summed E-state index contributed by atoms with van der Waals surface area (Å²) in [6.07, 6.45) is 5.69. The van der Waals surface area contributed by atoms with Crippen LogP contribution in [0.5, 0.6) is 0 Å². The number of hydrogen-bond acceptors (Lipinski definition) is 3. The predicted molar refractivity (Wildman–Crippen MR) is 73.2 cm³/mol. The molecule has 0 bridgehead atoms. The summed E-state index contributed by atoms with van der Waals surface area (Å²) in [6, 6.07) is -0.299. The molecule has 1 saturated heterocycles. The minimum absolute atomic E-state index is 0.0436. The summed E-state index contributed by atoms with van der Waals surface area (Å²) in [5, 5.41) is 3.06. The van der Waals surface area contributed by atoms with Crippen LogP contribution in [0.3, 0.4) is 0 Å². The summed E-state index contributed by atoms with van der Waals surface area (Å²) in [5.74, 6) is 0.756. The van der Waals surface area contributed by atoms with Gasteiger partial charge in [0, 0.05) is 6.54 Å². The Bertz CT molecular complexity index is 293. The van der Waals surface area contributed by atoms with Gasteiger partial charge in [-0.2, -0.15) is 0 Å². The highest BCUT2D eigenvalue weighted by atomic mass is 16.2. The molecule has 0 aromatic rings. The maximum absolute atomic E-state index is 11.9. The monoisotopic (exact) mass is 253 g/mol. The largest absolute Gasteiger partial charge is 0.354 e. The molecular weight excluding hydrogens is 226 g/mol. The molecule has 3 N–H and O–H groups in total. The number of nitrogens with one attached hydrogen (secondary N) is 1.